The standard InChI is InChI=1S/C17H22N2O2/c1-17(2,3)16-12(10-19(4)18-16)15-9-13(20)11-7-5-6-8-14(11)21-15/h5-8,10,13,15,20H,9H2,1-4H3/t13-,15?/m0/s1. The topological polar surface area (TPSA) is 47.3 Å². The van der Waals surface area contributed by atoms with E-state index >= 15 is 0 Å². The van der Waals surface area contributed by atoms with Gasteiger partial charge in [-0.05, 0) is 6.07 Å². The number of hydrogen-bond acceptors (Lipinski definition) is 3. The fourth-order valence-corrected chi connectivity index (χ4v) is 2.91. The zero-order chi connectivity index (χ0) is 15.2. The van der Waals surface area contributed by atoms with Gasteiger partial charge in [-0.2, -0.15) is 5.10 Å². The summed E-state index contributed by atoms with van der Waals surface area (Å²) in [4.78, 5) is 0. The second kappa shape index (κ2) is 4.88. The van der Waals surface area contributed by atoms with Crippen LogP contribution in [0, 0.1) is 0 Å². The van der Waals surface area contributed by atoms with Crippen molar-refractivity contribution in [2.24, 2.45) is 7.05 Å². The van der Waals surface area contributed by atoms with Crippen LogP contribution >= 0.6 is 0 Å². The molecule has 3 rings (SSSR count). The summed E-state index contributed by atoms with van der Waals surface area (Å²) < 4.78 is 7.95. The summed E-state index contributed by atoms with van der Waals surface area (Å²) in [7, 11) is 1.92. The van der Waals surface area contributed by atoms with E-state index in [2.05, 4.69) is 25.9 Å². The van der Waals surface area contributed by atoms with Crippen molar-refractivity contribution in [3.63, 3.8) is 0 Å². The first kappa shape index (κ1) is 14.1. The number of ether oxygens (including phenoxy) is 1. The van der Waals surface area contributed by atoms with Crippen molar-refractivity contribution in [3.8, 4) is 5.75 Å². The monoisotopic (exact) mass is 286 g/mol. The number of benzene rings is 1. The zero-order valence-electron chi connectivity index (χ0n) is 13.0. The second-order valence-electron chi connectivity index (χ2n) is 6.75. The van der Waals surface area contributed by atoms with Crippen molar-refractivity contribution in [1.29, 1.82) is 0 Å². The van der Waals surface area contributed by atoms with Gasteiger partial charge >= 0.3 is 0 Å². The maximum Gasteiger partial charge on any atom is 0.130 e. The lowest BCUT2D eigenvalue weighted by Crippen LogP contribution is -2.22. The molecule has 0 fully saturated rings. The van der Waals surface area contributed by atoms with E-state index in [0.29, 0.717) is 6.42 Å². The summed E-state index contributed by atoms with van der Waals surface area (Å²) in [5.74, 6) is 0.768. The van der Waals surface area contributed by atoms with Crippen LogP contribution in [0.3, 0.4) is 0 Å². The lowest BCUT2D eigenvalue weighted by Gasteiger charge is -2.31. The molecule has 0 saturated carbocycles. The van der Waals surface area contributed by atoms with Crippen molar-refractivity contribution in [2.45, 2.75) is 44.8 Å². The highest BCUT2D eigenvalue weighted by molar-refractivity contribution is 5.39. The van der Waals surface area contributed by atoms with E-state index in [4.69, 9.17) is 4.74 Å². The fourth-order valence-electron chi connectivity index (χ4n) is 2.91. The number of fused-ring (bicyclic) bond motifs is 1. The van der Waals surface area contributed by atoms with Crippen molar-refractivity contribution in [1.82, 2.24) is 9.78 Å². The average Bonchev–Trinajstić information content (AvgIpc) is 2.81. The highest BCUT2D eigenvalue weighted by atomic mass is 16.5. The predicted octanol–water partition coefficient (Wildman–Crippen LogP) is 3.27. The van der Waals surface area contributed by atoms with Crippen LogP contribution in [0.15, 0.2) is 30.5 Å². The summed E-state index contributed by atoms with van der Waals surface area (Å²) >= 11 is 0. The van der Waals surface area contributed by atoms with Gasteiger partial charge in [0, 0.05) is 36.2 Å². The minimum absolute atomic E-state index is 0.0537. The number of aromatic nitrogens is 2. The first-order valence-electron chi connectivity index (χ1n) is 7.34. The van der Waals surface area contributed by atoms with Crippen LogP contribution in [-0.2, 0) is 12.5 Å². The van der Waals surface area contributed by atoms with Crippen molar-refractivity contribution in [3.05, 3.63) is 47.3 Å². The highest BCUT2D eigenvalue weighted by Gasteiger charge is 2.33. The molecule has 0 aliphatic carbocycles. The minimum atomic E-state index is -0.493. The third-order valence-corrected chi connectivity index (χ3v) is 3.90. The minimum Gasteiger partial charge on any atom is -0.485 e. The molecule has 4 heteroatoms. The molecular weight excluding hydrogens is 264 g/mol. The van der Waals surface area contributed by atoms with Crippen LogP contribution in [0.2, 0.25) is 0 Å². The molecule has 2 aromatic rings. The summed E-state index contributed by atoms with van der Waals surface area (Å²) in [5.41, 5.74) is 2.91. The molecule has 2 heterocycles. The first-order valence-corrected chi connectivity index (χ1v) is 7.34. The van der Waals surface area contributed by atoms with E-state index in [1.54, 1.807) is 0 Å². The molecule has 1 aromatic carbocycles. The Balaban J connectivity index is 2.00. The van der Waals surface area contributed by atoms with Crippen LogP contribution in [0.4, 0.5) is 0 Å². The first-order chi connectivity index (χ1) is 9.86. The van der Waals surface area contributed by atoms with Gasteiger partial charge in [0.2, 0.25) is 0 Å². The van der Waals surface area contributed by atoms with Gasteiger partial charge in [-0.15, -0.1) is 0 Å². The third-order valence-electron chi connectivity index (χ3n) is 3.90. The molecule has 0 radical (unpaired) electrons. The lowest BCUT2D eigenvalue weighted by atomic mass is 9.86. The van der Waals surface area contributed by atoms with Gasteiger partial charge in [-0.25, -0.2) is 0 Å². The average molecular weight is 286 g/mol. The Bertz CT molecular complexity index is 655. The molecular formula is C17H22N2O2. The Morgan fingerprint density at radius 2 is 1.95 bits per heavy atom. The SMILES string of the molecule is Cn1cc(C2C[C@H](O)c3ccccc3O2)c(C(C)(C)C)n1. The molecule has 1 aromatic heterocycles. The maximum absolute atomic E-state index is 10.4. The van der Waals surface area contributed by atoms with E-state index in [-0.39, 0.29) is 11.5 Å². The fraction of sp³-hybridized carbons (Fsp3) is 0.471. The molecule has 2 atom stereocenters. The van der Waals surface area contributed by atoms with Crippen LogP contribution in [0.1, 0.15) is 56.2 Å². The van der Waals surface area contributed by atoms with Gasteiger partial charge in [0.15, 0.2) is 0 Å². The molecule has 0 amide bonds. The largest absolute Gasteiger partial charge is 0.485 e. The molecule has 0 spiro atoms. The van der Waals surface area contributed by atoms with E-state index in [0.717, 1.165) is 22.6 Å². The summed E-state index contributed by atoms with van der Waals surface area (Å²) in [5, 5.41) is 15.0. The maximum atomic E-state index is 10.4. The second-order valence-corrected chi connectivity index (χ2v) is 6.75. The van der Waals surface area contributed by atoms with Crippen molar-refractivity contribution in [2.75, 3.05) is 0 Å². The van der Waals surface area contributed by atoms with Gasteiger partial charge < -0.3 is 9.84 Å². The molecule has 1 aliphatic heterocycles. The summed E-state index contributed by atoms with van der Waals surface area (Å²) in [6.07, 6.45) is 1.92. The Morgan fingerprint density at radius 3 is 2.67 bits per heavy atom. The van der Waals surface area contributed by atoms with Crippen LogP contribution in [0.5, 0.6) is 5.75 Å². The normalized spacial score (nSPS) is 21.8. The predicted molar refractivity (Wildman–Crippen MR) is 81.3 cm³/mol. The smallest absolute Gasteiger partial charge is 0.130 e. The number of para-hydroxylation sites is 1. The molecule has 1 N–H and O–H groups in total. The number of aryl methyl sites for hydroxylation is 1. The quantitative estimate of drug-likeness (QED) is 0.875. The Labute approximate surface area is 125 Å². The molecule has 1 unspecified atom stereocenters. The van der Waals surface area contributed by atoms with E-state index < -0.39 is 6.10 Å². The van der Waals surface area contributed by atoms with E-state index in [1.807, 2.05) is 42.2 Å². The lowest BCUT2D eigenvalue weighted by molar-refractivity contribution is 0.0649. The summed E-state index contributed by atoms with van der Waals surface area (Å²) in [6, 6.07) is 7.69. The van der Waals surface area contributed by atoms with E-state index in [9.17, 15) is 5.11 Å². The van der Waals surface area contributed by atoms with E-state index in [1.165, 1.54) is 0 Å². The third kappa shape index (κ3) is 2.56. The molecule has 1 aliphatic rings. The number of aliphatic hydroxyl groups is 1. The Morgan fingerprint density at radius 1 is 1.24 bits per heavy atom. The number of rotatable bonds is 1. The van der Waals surface area contributed by atoms with Crippen molar-refractivity contribution < 1.29 is 9.84 Å². The zero-order valence-corrected chi connectivity index (χ0v) is 13.0. The molecule has 0 bridgehead atoms. The van der Waals surface area contributed by atoms with Crippen molar-refractivity contribution >= 4 is 0 Å². The summed E-state index contributed by atoms with van der Waals surface area (Å²) in [6.45, 7) is 6.43. The number of aliphatic hydroxyl groups excluding tert-OH is 1. The van der Waals surface area contributed by atoms with Gasteiger partial charge in [-0.3, -0.25) is 4.68 Å². The number of hydrogen-bond donors (Lipinski definition) is 1. The van der Waals surface area contributed by atoms with Crippen LogP contribution in [0.25, 0.3) is 0 Å². The Hall–Kier alpha value is -1.81. The van der Waals surface area contributed by atoms with Gasteiger partial charge in [0.1, 0.15) is 11.9 Å². The molecule has 21 heavy (non-hydrogen) atoms. The van der Waals surface area contributed by atoms with Gasteiger partial charge in [0.05, 0.1) is 11.8 Å². The molecule has 112 valence electrons. The van der Waals surface area contributed by atoms with Gasteiger partial charge in [0.25, 0.3) is 0 Å². The number of nitrogens with zero attached hydrogens (tertiary/aromatic N) is 2. The van der Waals surface area contributed by atoms with Crippen LogP contribution < -0.4 is 4.74 Å². The molecule has 4 nitrogen and oxygen atoms in total. The Kier molecular flexibility index (Phi) is 3.29. The molecule has 0 saturated heterocycles. The van der Waals surface area contributed by atoms with Crippen LogP contribution in [-0.4, -0.2) is 14.9 Å². The van der Waals surface area contributed by atoms with Gasteiger partial charge in [-0.1, -0.05) is 39.0 Å². The highest BCUT2D eigenvalue weighted by Crippen LogP contribution is 2.42.